The number of rotatable bonds is 4. The van der Waals surface area contributed by atoms with Crippen LogP contribution in [0.4, 0.5) is 5.69 Å². The first kappa shape index (κ1) is 16.9. The number of benzene rings is 1. The van der Waals surface area contributed by atoms with Crippen molar-refractivity contribution in [2.75, 3.05) is 13.1 Å². The number of sulfonamides is 1. The highest BCUT2D eigenvalue weighted by Gasteiger charge is 2.40. The van der Waals surface area contributed by atoms with Gasteiger partial charge in [-0.2, -0.15) is 4.31 Å². The predicted molar refractivity (Wildman–Crippen MR) is 82.8 cm³/mol. The zero-order valence-corrected chi connectivity index (χ0v) is 13.5. The molecular weight excluding hydrogens is 306 g/mol. The monoisotopic (exact) mass is 327 g/mol. The summed E-state index contributed by atoms with van der Waals surface area (Å²) in [6, 6.07) is 5.25. The van der Waals surface area contributed by atoms with E-state index in [1.807, 2.05) is 6.92 Å². The van der Waals surface area contributed by atoms with E-state index in [1.54, 1.807) is 0 Å². The van der Waals surface area contributed by atoms with Gasteiger partial charge in [0.25, 0.3) is 5.69 Å². The Hall–Kier alpha value is -1.51. The maximum absolute atomic E-state index is 12.9. The van der Waals surface area contributed by atoms with Crippen molar-refractivity contribution in [3.8, 4) is 0 Å². The van der Waals surface area contributed by atoms with E-state index in [0.717, 1.165) is 0 Å². The Balaban J connectivity index is 2.44. The molecule has 1 saturated heterocycles. The maximum Gasteiger partial charge on any atom is 0.289 e. The first-order chi connectivity index (χ1) is 10.3. The van der Waals surface area contributed by atoms with E-state index >= 15 is 0 Å². The smallest absolute Gasteiger partial charge is 0.289 e. The standard InChI is InChI=1S/C14H21N3O4S/c1-10-7-11(2)16(9-12(10)8-15)22(20,21)14-6-4-3-5-13(14)17(18)19/h3-6,10-12H,7-9,15H2,1-2H3. The summed E-state index contributed by atoms with van der Waals surface area (Å²) >= 11 is 0. The first-order valence-corrected chi connectivity index (χ1v) is 8.68. The van der Waals surface area contributed by atoms with Crippen LogP contribution in [-0.4, -0.2) is 36.8 Å². The summed E-state index contributed by atoms with van der Waals surface area (Å²) in [5.74, 6) is 0.394. The van der Waals surface area contributed by atoms with Gasteiger partial charge in [0.2, 0.25) is 10.0 Å². The molecule has 3 atom stereocenters. The molecule has 0 spiro atoms. The first-order valence-electron chi connectivity index (χ1n) is 7.24. The third kappa shape index (κ3) is 2.99. The molecule has 1 aromatic rings. The van der Waals surface area contributed by atoms with Gasteiger partial charge < -0.3 is 5.73 Å². The van der Waals surface area contributed by atoms with Gasteiger partial charge in [-0.3, -0.25) is 10.1 Å². The van der Waals surface area contributed by atoms with Crippen LogP contribution in [0.1, 0.15) is 20.3 Å². The largest absolute Gasteiger partial charge is 0.330 e. The molecule has 3 unspecified atom stereocenters. The zero-order valence-electron chi connectivity index (χ0n) is 12.7. The van der Waals surface area contributed by atoms with Crippen molar-refractivity contribution >= 4 is 15.7 Å². The number of nitro groups is 1. The van der Waals surface area contributed by atoms with E-state index in [-0.39, 0.29) is 16.9 Å². The fourth-order valence-electron chi connectivity index (χ4n) is 3.03. The molecule has 1 fully saturated rings. The molecule has 0 amide bonds. The van der Waals surface area contributed by atoms with Crippen LogP contribution >= 0.6 is 0 Å². The minimum absolute atomic E-state index is 0.0637. The van der Waals surface area contributed by atoms with Crippen molar-refractivity contribution in [3.05, 3.63) is 34.4 Å². The Morgan fingerprint density at radius 1 is 1.36 bits per heavy atom. The van der Waals surface area contributed by atoms with Gasteiger partial charge in [-0.05, 0) is 37.8 Å². The lowest BCUT2D eigenvalue weighted by Gasteiger charge is -2.40. The molecule has 7 nitrogen and oxygen atoms in total. The summed E-state index contributed by atoms with van der Waals surface area (Å²) in [5, 5.41) is 11.1. The zero-order chi connectivity index (χ0) is 16.5. The second-order valence-electron chi connectivity index (χ2n) is 5.86. The number of para-hydroxylation sites is 1. The molecule has 0 saturated carbocycles. The highest BCUT2D eigenvalue weighted by atomic mass is 32.2. The number of nitrogens with two attached hydrogens (primary N) is 1. The number of nitrogens with zero attached hydrogens (tertiary/aromatic N) is 2. The molecule has 0 aliphatic carbocycles. The average molecular weight is 327 g/mol. The highest BCUT2D eigenvalue weighted by molar-refractivity contribution is 7.89. The van der Waals surface area contributed by atoms with Crippen LogP contribution in [0.5, 0.6) is 0 Å². The van der Waals surface area contributed by atoms with Gasteiger partial charge in [0.15, 0.2) is 4.90 Å². The molecule has 2 N–H and O–H groups in total. The minimum Gasteiger partial charge on any atom is -0.330 e. The van der Waals surface area contributed by atoms with Gasteiger partial charge >= 0.3 is 0 Å². The van der Waals surface area contributed by atoms with E-state index < -0.39 is 20.6 Å². The van der Waals surface area contributed by atoms with Gasteiger partial charge in [0, 0.05) is 18.7 Å². The Labute approximate surface area is 130 Å². The van der Waals surface area contributed by atoms with E-state index in [0.29, 0.717) is 25.4 Å². The van der Waals surface area contributed by atoms with Crippen LogP contribution in [-0.2, 0) is 10.0 Å². The van der Waals surface area contributed by atoms with E-state index in [9.17, 15) is 18.5 Å². The molecule has 0 bridgehead atoms. The van der Waals surface area contributed by atoms with E-state index in [1.165, 1.54) is 28.6 Å². The lowest BCUT2D eigenvalue weighted by Crippen LogP contribution is -2.50. The van der Waals surface area contributed by atoms with E-state index in [4.69, 9.17) is 5.73 Å². The molecule has 1 aromatic carbocycles. The summed E-state index contributed by atoms with van der Waals surface area (Å²) in [5.41, 5.74) is 5.34. The van der Waals surface area contributed by atoms with Crippen LogP contribution in [0, 0.1) is 22.0 Å². The summed E-state index contributed by atoms with van der Waals surface area (Å²) in [7, 11) is -3.92. The Morgan fingerprint density at radius 2 is 2.00 bits per heavy atom. The Morgan fingerprint density at radius 3 is 2.59 bits per heavy atom. The fourth-order valence-corrected chi connectivity index (χ4v) is 4.89. The molecule has 8 heteroatoms. The second-order valence-corrected chi connectivity index (χ2v) is 7.72. The third-order valence-corrected chi connectivity index (χ3v) is 6.40. The third-order valence-electron chi connectivity index (χ3n) is 4.38. The number of hydrogen-bond acceptors (Lipinski definition) is 5. The molecule has 1 aliphatic rings. The summed E-state index contributed by atoms with van der Waals surface area (Å²) in [6.45, 7) is 4.59. The lowest BCUT2D eigenvalue weighted by atomic mass is 9.85. The fraction of sp³-hybridized carbons (Fsp3) is 0.571. The molecule has 1 heterocycles. The molecule has 2 rings (SSSR count). The lowest BCUT2D eigenvalue weighted by molar-refractivity contribution is -0.387. The summed E-state index contributed by atoms with van der Waals surface area (Å²) in [6.07, 6.45) is 0.696. The molecular formula is C14H21N3O4S. The Kier molecular flexibility index (Phi) is 4.84. The molecule has 22 heavy (non-hydrogen) atoms. The van der Waals surface area contributed by atoms with Crippen molar-refractivity contribution < 1.29 is 13.3 Å². The number of nitro benzene ring substituents is 1. The van der Waals surface area contributed by atoms with Crippen molar-refractivity contribution in [1.82, 2.24) is 4.31 Å². The maximum atomic E-state index is 12.9. The normalized spacial score (nSPS) is 26.8. The topological polar surface area (TPSA) is 107 Å². The van der Waals surface area contributed by atoms with Crippen LogP contribution in [0.25, 0.3) is 0 Å². The second kappa shape index (κ2) is 6.31. The van der Waals surface area contributed by atoms with Gasteiger partial charge in [-0.25, -0.2) is 8.42 Å². The van der Waals surface area contributed by atoms with Crippen LogP contribution in [0.3, 0.4) is 0 Å². The quantitative estimate of drug-likeness (QED) is 0.667. The van der Waals surface area contributed by atoms with Gasteiger partial charge in [0.1, 0.15) is 0 Å². The van der Waals surface area contributed by atoms with Gasteiger partial charge in [-0.15, -0.1) is 0 Å². The molecule has 1 aliphatic heterocycles. The van der Waals surface area contributed by atoms with Crippen molar-refractivity contribution in [3.63, 3.8) is 0 Å². The predicted octanol–water partition coefficient (Wildman–Crippen LogP) is 1.59. The number of piperidine rings is 1. The summed E-state index contributed by atoms with van der Waals surface area (Å²) < 4.78 is 27.1. The van der Waals surface area contributed by atoms with Crippen LogP contribution < -0.4 is 5.73 Å². The number of hydrogen-bond donors (Lipinski definition) is 1. The average Bonchev–Trinajstić information content (AvgIpc) is 2.47. The van der Waals surface area contributed by atoms with E-state index in [2.05, 4.69) is 6.92 Å². The molecule has 122 valence electrons. The van der Waals surface area contributed by atoms with Crippen molar-refractivity contribution in [1.29, 1.82) is 0 Å². The molecule has 0 radical (unpaired) electrons. The van der Waals surface area contributed by atoms with Crippen molar-refractivity contribution in [2.45, 2.75) is 31.2 Å². The van der Waals surface area contributed by atoms with Crippen LogP contribution in [0.15, 0.2) is 29.2 Å². The Bertz CT molecular complexity index is 662. The SMILES string of the molecule is CC1CC(C)N(S(=O)(=O)c2ccccc2[N+](=O)[O-])CC1CN. The van der Waals surface area contributed by atoms with Gasteiger partial charge in [-0.1, -0.05) is 19.1 Å². The minimum atomic E-state index is -3.92. The van der Waals surface area contributed by atoms with Crippen LogP contribution in [0.2, 0.25) is 0 Å². The highest BCUT2D eigenvalue weighted by Crippen LogP contribution is 2.34. The van der Waals surface area contributed by atoms with Gasteiger partial charge in [0.05, 0.1) is 4.92 Å². The summed E-state index contributed by atoms with van der Waals surface area (Å²) in [4.78, 5) is 10.2. The molecule has 0 aromatic heterocycles. The van der Waals surface area contributed by atoms with Crippen molar-refractivity contribution in [2.24, 2.45) is 17.6 Å².